The van der Waals surface area contributed by atoms with Crippen LogP contribution >= 0.6 is 0 Å². The number of nitrogens with two attached hydrogens (primary N) is 1. The van der Waals surface area contributed by atoms with Crippen molar-refractivity contribution < 1.29 is 0 Å². The van der Waals surface area contributed by atoms with Gasteiger partial charge in [0.15, 0.2) is 0 Å². The van der Waals surface area contributed by atoms with Crippen molar-refractivity contribution in [2.24, 2.45) is 11.7 Å². The molecule has 4 heteroatoms. The number of hydrogen-bond acceptors (Lipinski definition) is 4. The Labute approximate surface area is 103 Å². The average Bonchev–Trinajstić information content (AvgIpc) is 2.30. The van der Waals surface area contributed by atoms with Crippen LogP contribution in [-0.2, 0) is 0 Å². The zero-order valence-electron chi connectivity index (χ0n) is 10.8. The normalized spacial score (nSPS) is 16.4. The second-order valence-corrected chi connectivity index (χ2v) is 4.82. The summed E-state index contributed by atoms with van der Waals surface area (Å²) in [5.74, 6) is 2.26. The summed E-state index contributed by atoms with van der Waals surface area (Å²) in [6.07, 6.45) is 3.97. The Kier molecular flexibility index (Phi) is 3.94. The minimum Gasteiger partial charge on any atom is -0.356 e. The van der Waals surface area contributed by atoms with E-state index < -0.39 is 0 Å². The Bertz CT molecular complexity index is 356. The van der Waals surface area contributed by atoms with Gasteiger partial charge in [0.2, 0.25) is 0 Å². The van der Waals surface area contributed by atoms with E-state index in [0.717, 1.165) is 38.3 Å². The monoisotopic (exact) mass is 234 g/mol. The SMILES string of the molecule is CCC(CC)c1cc(N2CC(CN)C2)ncn1. The van der Waals surface area contributed by atoms with E-state index in [-0.39, 0.29) is 0 Å². The molecule has 2 rings (SSSR count). The molecule has 2 N–H and O–H groups in total. The standard InChI is InChI=1S/C13H22N4/c1-3-11(4-2)12-5-13(16-9-15-12)17-7-10(6-14)8-17/h5,9-11H,3-4,6-8,14H2,1-2H3. The van der Waals surface area contributed by atoms with E-state index >= 15 is 0 Å². The Morgan fingerprint density at radius 1 is 1.35 bits per heavy atom. The van der Waals surface area contributed by atoms with Crippen molar-refractivity contribution >= 4 is 5.82 Å². The summed E-state index contributed by atoms with van der Waals surface area (Å²) in [5, 5.41) is 0. The van der Waals surface area contributed by atoms with Gasteiger partial charge in [0.1, 0.15) is 12.1 Å². The van der Waals surface area contributed by atoms with Crippen LogP contribution in [0.5, 0.6) is 0 Å². The molecule has 1 aliphatic rings. The molecule has 0 radical (unpaired) electrons. The molecule has 0 atom stereocenters. The second-order valence-electron chi connectivity index (χ2n) is 4.82. The van der Waals surface area contributed by atoms with Gasteiger partial charge in [-0.25, -0.2) is 9.97 Å². The predicted octanol–water partition coefficient (Wildman–Crippen LogP) is 1.78. The molecular formula is C13H22N4. The van der Waals surface area contributed by atoms with Crippen molar-refractivity contribution in [3.8, 4) is 0 Å². The fraction of sp³-hybridized carbons (Fsp3) is 0.692. The third-order valence-electron chi connectivity index (χ3n) is 3.69. The highest BCUT2D eigenvalue weighted by molar-refractivity contribution is 5.42. The fourth-order valence-electron chi connectivity index (χ4n) is 2.37. The van der Waals surface area contributed by atoms with E-state index in [0.29, 0.717) is 11.8 Å². The van der Waals surface area contributed by atoms with Gasteiger partial charge in [-0.3, -0.25) is 0 Å². The summed E-state index contributed by atoms with van der Waals surface area (Å²) in [5.41, 5.74) is 6.81. The first-order valence-corrected chi connectivity index (χ1v) is 6.55. The molecule has 1 aromatic rings. The van der Waals surface area contributed by atoms with Gasteiger partial charge in [0.25, 0.3) is 0 Å². The molecule has 0 bridgehead atoms. The molecule has 0 aliphatic carbocycles. The average molecular weight is 234 g/mol. The van der Waals surface area contributed by atoms with Crippen LogP contribution in [0.4, 0.5) is 5.82 Å². The third kappa shape index (κ3) is 2.57. The maximum Gasteiger partial charge on any atom is 0.132 e. The summed E-state index contributed by atoms with van der Waals surface area (Å²) in [7, 11) is 0. The van der Waals surface area contributed by atoms with Crippen LogP contribution in [0.15, 0.2) is 12.4 Å². The number of aromatic nitrogens is 2. The highest BCUT2D eigenvalue weighted by atomic mass is 15.2. The van der Waals surface area contributed by atoms with Gasteiger partial charge in [0.05, 0.1) is 0 Å². The fourth-order valence-corrected chi connectivity index (χ4v) is 2.37. The lowest BCUT2D eigenvalue weighted by molar-refractivity contribution is 0.416. The number of hydrogen-bond donors (Lipinski definition) is 1. The van der Waals surface area contributed by atoms with Crippen LogP contribution in [0.2, 0.25) is 0 Å². The largest absolute Gasteiger partial charge is 0.356 e. The minimum atomic E-state index is 0.559. The zero-order chi connectivity index (χ0) is 12.3. The van der Waals surface area contributed by atoms with Crippen LogP contribution in [0.3, 0.4) is 0 Å². The van der Waals surface area contributed by atoms with Gasteiger partial charge in [0, 0.05) is 36.7 Å². The summed E-state index contributed by atoms with van der Waals surface area (Å²) < 4.78 is 0. The van der Waals surface area contributed by atoms with Gasteiger partial charge in [-0.1, -0.05) is 13.8 Å². The van der Waals surface area contributed by atoms with Gasteiger partial charge in [-0.15, -0.1) is 0 Å². The first kappa shape index (κ1) is 12.3. The van der Waals surface area contributed by atoms with Crippen molar-refractivity contribution in [1.82, 2.24) is 9.97 Å². The van der Waals surface area contributed by atoms with E-state index in [2.05, 4.69) is 34.8 Å². The minimum absolute atomic E-state index is 0.559. The van der Waals surface area contributed by atoms with Crippen molar-refractivity contribution in [2.75, 3.05) is 24.5 Å². The zero-order valence-corrected chi connectivity index (χ0v) is 10.8. The second kappa shape index (κ2) is 5.45. The van der Waals surface area contributed by atoms with Crippen molar-refractivity contribution in [3.05, 3.63) is 18.1 Å². The molecule has 0 amide bonds. The molecule has 17 heavy (non-hydrogen) atoms. The Hall–Kier alpha value is -1.16. The van der Waals surface area contributed by atoms with Crippen molar-refractivity contribution in [1.29, 1.82) is 0 Å². The van der Waals surface area contributed by atoms with Gasteiger partial charge in [-0.2, -0.15) is 0 Å². The van der Waals surface area contributed by atoms with Crippen molar-refractivity contribution in [3.63, 3.8) is 0 Å². The highest BCUT2D eigenvalue weighted by Gasteiger charge is 2.26. The summed E-state index contributed by atoms with van der Waals surface area (Å²) in [6.45, 7) is 7.28. The van der Waals surface area contributed by atoms with E-state index in [9.17, 15) is 0 Å². The molecular weight excluding hydrogens is 212 g/mol. The summed E-state index contributed by atoms with van der Waals surface area (Å²) in [4.78, 5) is 11.0. The Morgan fingerprint density at radius 2 is 2.06 bits per heavy atom. The molecule has 94 valence electrons. The summed E-state index contributed by atoms with van der Waals surface area (Å²) in [6, 6.07) is 2.14. The van der Waals surface area contributed by atoms with E-state index in [1.165, 1.54) is 5.69 Å². The molecule has 0 saturated carbocycles. The molecule has 4 nitrogen and oxygen atoms in total. The maximum absolute atomic E-state index is 5.64. The predicted molar refractivity (Wildman–Crippen MR) is 70.1 cm³/mol. The van der Waals surface area contributed by atoms with Gasteiger partial charge in [-0.05, 0) is 19.4 Å². The smallest absolute Gasteiger partial charge is 0.132 e. The lowest BCUT2D eigenvalue weighted by atomic mass is 9.97. The van der Waals surface area contributed by atoms with Crippen molar-refractivity contribution in [2.45, 2.75) is 32.6 Å². The first-order chi connectivity index (χ1) is 8.28. The number of rotatable bonds is 5. The van der Waals surface area contributed by atoms with Gasteiger partial charge >= 0.3 is 0 Å². The third-order valence-corrected chi connectivity index (χ3v) is 3.69. The van der Waals surface area contributed by atoms with Crippen LogP contribution in [-0.4, -0.2) is 29.6 Å². The maximum atomic E-state index is 5.64. The molecule has 1 aromatic heterocycles. The first-order valence-electron chi connectivity index (χ1n) is 6.55. The van der Waals surface area contributed by atoms with E-state index in [4.69, 9.17) is 5.73 Å². The molecule has 0 aromatic carbocycles. The lowest BCUT2D eigenvalue weighted by Gasteiger charge is -2.39. The molecule has 2 heterocycles. The van der Waals surface area contributed by atoms with Crippen LogP contribution in [0.1, 0.15) is 38.3 Å². The van der Waals surface area contributed by atoms with E-state index in [1.54, 1.807) is 6.33 Å². The highest BCUT2D eigenvalue weighted by Crippen LogP contribution is 2.26. The Morgan fingerprint density at radius 3 is 2.65 bits per heavy atom. The molecule has 1 fully saturated rings. The number of nitrogens with zero attached hydrogens (tertiary/aromatic N) is 3. The van der Waals surface area contributed by atoms with Crippen LogP contribution in [0, 0.1) is 5.92 Å². The van der Waals surface area contributed by atoms with Crippen LogP contribution < -0.4 is 10.6 Å². The lowest BCUT2D eigenvalue weighted by Crippen LogP contribution is -2.50. The molecule has 1 saturated heterocycles. The quantitative estimate of drug-likeness (QED) is 0.843. The number of anilines is 1. The van der Waals surface area contributed by atoms with Crippen LogP contribution in [0.25, 0.3) is 0 Å². The molecule has 0 spiro atoms. The molecule has 1 aliphatic heterocycles. The Balaban J connectivity index is 2.07. The van der Waals surface area contributed by atoms with Gasteiger partial charge < -0.3 is 10.6 Å². The molecule has 0 unspecified atom stereocenters. The van der Waals surface area contributed by atoms with E-state index in [1.807, 2.05) is 0 Å². The summed E-state index contributed by atoms with van der Waals surface area (Å²) >= 11 is 0. The topological polar surface area (TPSA) is 55.0 Å².